The molecular weight excluding hydrogens is 288 g/mol. The van der Waals surface area contributed by atoms with Gasteiger partial charge in [-0.25, -0.2) is 10.4 Å². The summed E-state index contributed by atoms with van der Waals surface area (Å²) in [6.45, 7) is 4.11. The van der Waals surface area contributed by atoms with Crippen LogP contribution in [0, 0.1) is 13.8 Å². The van der Waals surface area contributed by atoms with E-state index < -0.39 is 0 Å². The highest BCUT2D eigenvalue weighted by molar-refractivity contribution is 5.83. The molecule has 1 aromatic heterocycles. The SMILES string of the molecule is Cc1ccc(/C=N/NC(=O)Cn2c(C)nc3ccccc32)cc1. The molecule has 1 amide bonds. The molecule has 3 rings (SSSR count). The summed E-state index contributed by atoms with van der Waals surface area (Å²) in [6.07, 6.45) is 1.64. The number of aryl methyl sites for hydroxylation is 2. The zero-order chi connectivity index (χ0) is 16.2. The summed E-state index contributed by atoms with van der Waals surface area (Å²) >= 11 is 0. The topological polar surface area (TPSA) is 59.3 Å². The number of fused-ring (bicyclic) bond motifs is 1. The van der Waals surface area contributed by atoms with Crippen molar-refractivity contribution >= 4 is 23.2 Å². The molecule has 1 heterocycles. The predicted molar refractivity (Wildman–Crippen MR) is 91.4 cm³/mol. The Bertz CT molecular complexity index is 862. The summed E-state index contributed by atoms with van der Waals surface area (Å²) in [5.74, 6) is 0.628. The summed E-state index contributed by atoms with van der Waals surface area (Å²) in [6, 6.07) is 15.7. The molecule has 0 atom stereocenters. The van der Waals surface area contributed by atoms with E-state index in [2.05, 4.69) is 15.5 Å². The second kappa shape index (κ2) is 6.44. The van der Waals surface area contributed by atoms with Gasteiger partial charge in [-0.1, -0.05) is 42.0 Å². The summed E-state index contributed by atoms with van der Waals surface area (Å²) in [7, 11) is 0. The summed E-state index contributed by atoms with van der Waals surface area (Å²) < 4.78 is 1.88. The van der Waals surface area contributed by atoms with E-state index in [0.29, 0.717) is 0 Å². The van der Waals surface area contributed by atoms with Gasteiger partial charge in [0, 0.05) is 0 Å². The highest BCUT2D eigenvalue weighted by Gasteiger charge is 2.09. The van der Waals surface area contributed by atoms with Gasteiger partial charge in [0.2, 0.25) is 0 Å². The molecule has 0 aliphatic carbocycles. The molecule has 0 aliphatic rings. The van der Waals surface area contributed by atoms with E-state index in [1.54, 1.807) is 6.21 Å². The van der Waals surface area contributed by atoms with Crippen LogP contribution in [0.4, 0.5) is 0 Å². The molecule has 0 radical (unpaired) electrons. The van der Waals surface area contributed by atoms with Crippen molar-refractivity contribution in [2.75, 3.05) is 0 Å². The average molecular weight is 306 g/mol. The Morgan fingerprint density at radius 3 is 2.70 bits per heavy atom. The zero-order valence-corrected chi connectivity index (χ0v) is 13.2. The molecule has 5 nitrogen and oxygen atoms in total. The van der Waals surface area contributed by atoms with Crippen LogP contribution in [0.5, 0.6) is 0 Å². The molecule has 0 saturated carbocycles. The van der Waals surface area contributed by atoms with Gasteiger partial charge in [0.05, 0.1) is 17.2 Å². The Balaban J connectivity index is 1.67. The van der Waals surface area contributed by atoms with E-state index in [9.17, 15) is 4.79 Å². The number of para-hydroxylation sites is 2. The molecule has 2 aromatic carbocycles. The molecule has 0 bridgehead atoms. The number of rotatable bonds is 4. The van der Waals surface area contributed by atoms with Crippen LogP contribution < -0.4 is 5.43 Å². The van der Waals surface area contributed by atoms with Crippen molar-refractivity contribution < 1.29 is 4.79 Å². The van der Waals surface area contributed by atoms with Gasteiger partial charge in [-0.2, -0.15) is 5.10 Å². The smallest absolute Gasteiger partial charge is 0.260 e. The number of hydrogen-bond acceptors (Lipinski definition) is 3. The van der Waals surface area contributed by atoms with Crippen molar-refractivity contribution in [3.63, 3.8) is 0 Å². The van der Waals surface area contributed by atoms with Crippen LogP contribution in [0.1, 0.15) is 17.0 Å². The quantitative estimate of drug-likeness (QED) is 0.595. The third-order valence-electron chi connectivity index (χ3n) is 3.63. The number of benzene rings is 2. The number of hydrogen-bond donors (Lipinski definition) is 1. The number of imidazole rings is 1. The normalized spacial score (nSPS) is 11.2. The third kappa shape index (κ3) is 3.45. The molecule has 23 heavy (non-hydrogen) atoms. The second-order valence-corrected chi connectivity index (χ2v) is 5.44. The number of carbonyl (C=O) groups excluding carboxylic acids is 1. The van der Waals surface area contributed by atoms with Gasteiger partial charge in [-0.15, -0.1) is 0 Å². The van der Waals surface area contributed by atoms with E-state index in [-0.39, 0.29) is 12.5 Å². The fraction of sp³-hybridized carbons (Fsp3) is 0.167. The first-order valence-corrected chi connectivity index (χ1v) is 7.44. The van der Waals surface area contributed by atoms with Crippen LogP contribution in [0.2, 0.25) is 0 Å². The Hall–Kier alpha value is -2.95. The molecular formula is C18H18N4O. The van der Waals surface area contributed by atoms with Crippen LogP contribution in [-0.2, 0) is 11.3 Å². The Morgan fingerprint density at radius 1 is 1.17 bits per heavy atom. The first kappa shape index (κ1) is 15.0. The van der Waals surface area contributed by atoms with Crippen molar-refractivity contribution in [1.29, 1.82) is 0 Å². The zero-order valence-electron chi connectivity index (χ0n) is 13.2. The highest BCUT2D eigenvalue weighted by atomic mass is 16.2. The van der Waals surface area contributed by atoms with E-state index in [4.69, 9.17) is 0 Å². The van der Waals surface area contributed by atoms with Gasteiger partial charge in [0.15, 0.2) is 0 Å². The monoisotopic (exact) mass is 306 g/mol. The first-order valence-electron chi connectivity index (χ1n) is 7.44. The second-order valence-electron chi connectivity index (χ2n) is 5.44. The van der Waals surface area contributed by atoms with Crippen molar-refractivity contribution in [2.45, 2.75) is 20.4 Å². The van der Waals surface area contributed by atoms with Crippen molar-refractivity contribution in [3.05, 3.63) is 65.5 Å². The molecule has 0 saturated heterocycles. The van der Waals surface area contributed by atoms with E-state index in [1.165, 1.54) is 5.56 Å². The van der Waals surface area contributed by atoms with Crippen LogP contribution >= 0.6 is 0 Å². The lowest BCUT2D eigenvalue weighted by Crippen LogP contribution is -2.23. The summed E-state index contributed by atoms with van der Waals surface area (Å²) in [5, 5.41) is 4.00. The maximum Gasteiger partial charge on any atom is 0.260 e. The maximum absolute atomic E-state index is 12.1. The number of amides is 1. The summed E-state index contributed by atoms with van der Waals surface area (Å²) in [5.41, 5.74) is 6.53. The van der Waals surface area contributed by atoms with E-state index in [1.807, 2.05) is 66.9 Å². The molecule has 0 fully saturated rings. The number of nitrogens with one attached hydrogen (secondary N) is 1. The first-order chi connectivity index (χ1) is 11.1. The van der Waals surface area contributed by atoms with Gasteiger partial charge < -0.3 is 4.57 Å². The maximum atomic E-state index is 12.1. The van der Waals surface area contributed by atoms with Crippen LogP contribution in [0.15, 0.2) is 53.6 Å². The number of nitrogens with zero attached hydrogens (tertiary/aromatic N) is 3. The molecule has 1 N–H and O–H groups in total. The lowest BCUT2D eigenvalue weighted by molar-refractivity contribution is -0.121. The minimum absolute atomic E-state index is 0.181. The lowest BCUT2D eigenvalue weighted by Gasteiger charge is -2.05. The van der Waals surface area contributed by atoms with Crippen LogP contribution in [0.3, 0.4) is 0 Å². The fourth-order valence-electron chi connectivity index (χ4n) is 2.41. The Kier molecular flexibility index (Phi) is 4.19. The van der Waals surface area contributed by atoms with E-state index >= 15 is 0 Å². The molecule has 0 unspecified atom stereocenters. The number of carbonyl (C=O) groups is 1. The molecule has 5 heteroatoms. The van der Waals surface area contributed by atoms with Gasteiger partial charge in [0.25, 0.3) is 5.91 Å². The van der Waals surface area contributed by atoms with Gasteiger partial charge in [-0.05, 0) is 31.5 Å². The largest absolute Gasteiger partial charge is 0.319 e. The van der Waals surface area contributed by atoms with Crippen LogP contribution in [0.25, 0.3) is 11.0 Å². The van der Waals surface area contributed by atoms with Crippen LogP contribution in [-0.4, -0.2) is 21.7 Å². The van der Waals surface area contributed by atoms with Crippen molar-refractivity contribution in [3.8, 4) is 0 Å². The Labute approximate surface area is 134 Å². The molecule has 116 valence electrons. The minimum atomic E-state index is -0.181. The van der Waals surface area contributed by atoms with Crippen molar-refractivity contribution in [2.24, 2.45) is 5.10 Å². The standard InChI is InChI=1S/C18H18N4O/c1-13-7-9-15(10-8-13)11-19-21-18(23)12-22-14(2)20-16-5-3-4-6-17(16)22/h3-11H,12H2,1-2H3,(H,21,23)/b19-11+. The summed E-state index contributed by atoms with van der Waals surface area (Å²) in [4.78, 5) is 16.5. The third-order valence-corrected chi connectivity index (χ3v) is 3.63. The molecule has 0 aliphatic heterocycles. The van der Waals surface area contributed by atoms with Crippen molar-refractivity contribution in [1.82, 2.24) is 15.0 Å². The number of aromatic nitrogens is 2. The average Bonchev–Trinajstić information content (AvgIpc) is 2.85. The van der Waals surface area contributed by atoms with Gasteiger partial charge in [-0.3, -0.25) is 4.79 Å². The fourth-order valence-corrected chi connectivity index (χ4v) is 2.41. The molecule has 0 spiro atoms. The van der Waals surface area contributed by atoms with Gasteiger partial charge in [0.1, 0.15) is 12.4 Å². The number of hydrazone groups is 1. The lowest BCUT2D eigenvalue weighted by atomic mass is 10.2. The van der Waals surface area contributed by atoms with Gasteiger partial charge >= 0.3 is 0 Å². The highest BCUT2D eigenvalue weighted by Crippen LogP contribution is 2.14. The Morgan fingerprint density at radius 2 is 1.91 bits per heavy atom. The van der Waals surface area contributed by atoms with E-state index in [0.717, 1.165) is 22.4 Å². The minimum Gasteiger partial charge on any atom is -0.319 e. The predicted octanol–water partition coefficient (Wildman–Crippen LogP) is 2.80. The molecule has 3 aromatic rings.